The summed E-state index contributed by atoms with van der Waals surface area (Å²) in [6.45, 7) is 6.30. The quantitative estimate of drug-likeness (QED) is 0.436. The van der Waals surface area contributed by atoms with Gasteiger partial charge in [-0.15, -0.1) is 11.3 Å². The smallest absolute Gasteiger partial charge is 0.346 e. The third-order valence-electron chi connectivity index (χ3n) is 4.54. The number of rotatable bonds is 3. The Morgan fingerprint density at radius 1 is 1.04 bits per heavy atom. The van der Waals surface area contributed by atoms with Crippen molar-refractivity contribution in [3.05, 3.63) is 75.0 Å². The molecule has 0 atom stereocenters. The molecule has 2 heterocycles. The zero-order valence-corrected chi connectivity index (χ0v) is 15.8. The molecule has 2 aromatic carbocycles. The van der Waals surface area contributed by atoms with Crippen molar-refractivity contribution < 1.29 is 4.42 Å². The first-order valence-electron chi connectivity index (χ1n) is 8.67. The molecule has 0 saturated heterocycles. The number of fused-ring (bicyclic) bond motifs is 1. The van der Waals surface area contributed by atoms with Gasteiger partial charge in [0.05, 0.1) is 11.3 Å². The predicted octanol–water partition coefficient (Wildman–Crippen LogP) is 5.76. The van der Waals surface area contributed by atoms with Gasteiger partial charge < -0.3 is 4.42 Å². The highest BCUT2D eigenvalue weighted by molar-refractivity contribution is 7.15. The number of nitrogens with zero attached hydrogens (tertiary/aromatic N) is 1. The molecule has 0 fully saturated rings. The van der Waals surface area contributed by atoms with E-state index < -0.39 is 0 Å². The number of benzene rings is 2. The Morgan fingerprint density at radius 3 is 2.65 bits per heavy atom. The molecular formula is C22H19NO2S. The minimum atomic E-state index is -0.340. The standard InChI is InChI=1S/C22H19NO2S/c1-4-19-20(16-11-13(2)9-10-14(16)3)23-21(26-19)17-12-15-7-5-6-8-18(15)25-22(17)24/h5-12H,4H2,1-3H3. The van der Waals surface area contributed by atoms with E-state index >= 15 is 0 Å². The number of hydrogen-bond donors (Lipinski definition) is 0. The highest BCUT2D eigenvalue weighted by Gasteiger charge is 2.18. The fraction of sp³-hybridized carbons (Fsp3) is 0.182. The van der Waals surface area contributed by atoms with E-state index in [9.17, 15) is 4.79 Å². The number of hydrogen-bond acceptors (Lipinski definition) is 4. The summed E-state index contributed by atoms with van der Waals surface area (Å²) in [4.78, 5) is 18.5. The fourth-order valence-corrected chi connectivity index (χ4v) is 4.14. The number of aryl methyl sites for hydroxylation is 3. The maximum atomic E-state index is 12.5. The molecule has 0 N–H and O–H groups in total. The second kappa shape index (κ2) is 6.54. The Morgan fingerprint density at radius 2 is 1.85 bits per heavy atom. The highest BCUT2D eigenvalue weighted by atomic mass is 32.1. The van der Waals surface area contributed by atoms with Crippen molar-refractivity contribution in [2.45, 2.75) is 27.2 Å². The monoisotopic (exact) mass is 361 g/mol. The molecule has 4 rings (SSSR count). The summed E-state index contributed by atoms with van der Waals surface area (Å²) in [5.41, 5.74) is 5.28. The molecule has 0 aliphatic rings. The maximum absolute atomic E-state index is 12.5. The van der Waals surface area contributed by atoms with Gasteiger partial charge in [-0.1, -0.05) is 42.8 Å². The summed E-state index contributed by atoms with van der Waals surface area (Å²) in [5, 5.41) is 1.63. The van der Waals surface area contributed by atoms with Crippen molar-refractivity contribution in [3.63, 3.8) is 0 Å². The summed E-state index contributed by atoms with van der Waals surface area (Å²) in [6.07, 6.45) is 0.874. The molecule has 4 aromatic rings. The van der Waals surface area contributed by atoms with Gasteiger partial charge in [-0.3, -0.25) is 0 Å². The minimum Gasteiger partial charge on any atom is -0.422 e. The Kier molecular flexibility index (Phi) is 4.21. The molecule has 0 amide bonds. The van der Waals surface area contributed by atoms with Crippen LogP contribution in [0.25, 0.3) is 32.8 Å². The van der Waals surface area contributed by atoms with Crippen LogP contribution in [0.3, 0.4) is 0 Å². The Hall–Kier alpha value is -2.72. The van der Waals surface area contributed by atoms with Crippen molar-refractivity contribution in [3.8, 4) is 21.8 Å². The van der Waals surface area contributed by atoms with Crippen LogP contribution in [-0.4, -0.2) is 4.98 Å². The van der Waals surface area contributed by atoms with Crippen LogP contribution in [0.15, 0.2) is 57.7 Å². The van der Waals surface area contributed by atoms with Crippen LogP contribution in [0, 0.1) is 13.8 Å². The third kappa shape index (κ3) is 2.86. The van der Waals surface area contributed by atoms with Crippen LogP contribution in [0.5, 0.6) is 0 Å². The van der Waals surface area contributed by atoms with E-state index in [1.165, 1.54) is 16.0 Å². The molecule has 0 bridgehead atoms. The first-order valence-corrected chi connectivity index (χ1v) is 9.49. The van der Waals surface area contributed by atoms with Crippen LogP contribution in [-0.2, 0) is 6.42 Å². The molecule has 130 valence electrons. The van der Waals surface area contributed by atoms with Gasteiger partial charge in [0.2, 0.25) is 0 Å². The first kappa shape index (κ1) is 16.7. The third-order valence-corrected chi connectivity index (χ3v) is 5.77. The summed E-state index contributed by atoms with van der Waals surface area (Å²) >= 11 is 1.57. The Balaban J connectivity index is 1.92. The topological polar surface area (TPSA) is 43.1 Å². The first-order chi connectivity index (χ1) is 12.6. The summed E-state index contributed by atoms with van der Waals surface area (Å²) in [6, 6.07) is 15.8. The molecule has 26 heavy (non-hydrogen) atoms. The summed E-state index contributed by atoms with van der Waals surface area (Å²) < 4.78 is 5.49. The lowest BCUT2D eigenvalue weighted by Gasteiger charge is -2.06. The van der Waals surface area contributed by atoms with Crippen molar-refractivity contribution in [1.82, 2.24) is 4.98 Å². The lowest BCUT2D eigenvalue weighted by atomic mass is 10.0. The molecule has 0 aliphatic carbocycles. The van der Waals surface area contributed by atoms with E-state index in [1.54, 1.807) is 17.4 Å². The van der Waals surface area contributed by atoms with Crippen LogP contribution in [0.1, 0.15) is 22.9 Å². The largest absolute Gasteiger partial charge is 0.422 e. The minimum absolute atomic E-state index is 0.340. The molecule has 2 aromatic heterocycles. The fourth-order valence-electron chi connectivity index (χ4n) is 3.12. The lowest BCUT2D eigenvalue weighted by Crippen LogP contribution is -2.02. The predicted molar refractivity (Wildman–Crippen MR) is 108 cm³/mol. The van der Waals surface area contributed by atoms with Crippen LogP contribution < -0.4 is 5.63 Å². The molecule has 4 heteroatoms. The number of para-hydroxylation sites is 1. The maximum Gasteiger partial charge on any atom is 0.346 e. The molecule has 0 unspecified atom stereocenters. The average molecular weight is 361 g/mol. The van der Waals surface area contributed by atoms with E-state index in [1.807, 2.05) is 24.3 Å². The molecule has 0 spiro atoms. The van der Waals surface area contributed by atoms with Gasteiger partial charge in [-0.05, 0) is 44.0 Å². The van der Waals surface area contributed by atoms with Gasteiger partial charge in [0.15, 0.2) is 0 Å². The number of thiazole rings is 1. The van der Waals surface area contributed by atoms with Crippen LogP contribution in [0.2, 0.25) is 0 Å². The normalized spacial score (nSPS) is 11.2. The average Bonchev–Trinajstić information content (AvgIpc) is 3.07. The van der Waals surface area contributed by atoms with E-state index in [0.717, 1.165) is 28.1 Å². The van der Waals surface area contributed by atoms with Crippen molar-refractivity contribution in [2.75, 3.05) is 0 Å². The van der Waals surface area contributed by atoms with E-state index in [2.05, 4.69) is 39.0 Å². The zero-order valence-electron chi connectivity index (χ0n) is 15.0. The van der Waals surface area contributed by atoms with Crippen molar-refractivity contribution in [1.29, 1.82) is 0 Å². The van der Waals surface area contributed by atoms with Crippen molar-refractivity contribution >= 4 is 22.3 Å². The van der Waals surface area contributed by atoms with E-state index in [-0.39, 0.29) is 5.63 Å². The SMILES string of the molecule is CCc1sc(-c2cc3ccccc3oc2=O)nc1-c1cc(C)ccc1C. The van der Waals surface area contributed by atoms with Crippen molar-refractivity contribution in [2.24, 2.45) is 0 Å². The van der Waals surface area contributed by atoms with E-state index in [4.69, 9.17) is 9.40 Å². The molecule has 0 radical (unpaired) electrons. The lowest BCUT2D eigenvalue weighted by molar-refractivity contribution is 0.563. The number of aromatic nitrogens is 1. The second-order valence-corrected chi connectivity index (χ2v) is 7.53. The summed E-state index contributed by atoms with van der Waals surface area (Å²) in [5.74, 6) is 0. The highest BCUT2D eigenvalue weighted by Crippen LogP contribution is 2.35. The zero-order chi connectivity index (χ0) is 18.3. The summed E-state index contributed by atoms with van der Waals surface area (Å²) in [7, 11) is 0. The van der Waals surface area contributed by atoms with Crippen LogP contribution in [0.4, 0.5) is 0 Å². The van der Waals surface area contributed by atoms with Gasteiger partial charge in [-0.25, -0.2) is 9.78 Å². The second-order valence-electron chi connectivity index (χ2n) is 6.45. The van der Waals surface area contributed by atoms with Gasteiger partial charge in [0.25, 0.3) is 0 Å². The molecule has 0 aliphatic heterocycles. The Labute approximate surface area is 156 Å². The Bertz CT molecular complexity index is 1170. The van der Waals surface area contributed by atoms with Crippen LogP contribution >= 0.6 is 11.3 Å². The van der Waals surface area contributed by atoms with Gasteiger partial charge in [0, 0.05) is 15.8 Å². The van der Waals surface area contributed by atoms with Gasteiger partial charge in [0.1, 0.15) is 10.6 Å². The molecule has 0 saturated carbocycles. The molecular weight excluding hydrogens is 342 g/mol. The van der Waals surface area contributed by atoms with E-state index in [0.29, 0.717) is 11.1 Å². The van der Waals surface area contributed by atoms with Gasteiger partial charge >= 0.3 is 5.63 Å². The van der Waals surface area contributed by atoms with Gasteiger partial charge in [-0.2, -0.15) is 0 Å². The molecule has 3 nitrogen and oxygen atoms in total.